The first-order valence-electron chi connectivity index (χ1n) is 8.17. The fourth-order valence-electron chi connectivity index (χ4n) is 2.98. The third-order valence-corrected chi connectivity index (χ3v) is 4.20. The maximum Gasteiger partial charge on any atom is 0.272 e. The van der Waals surface area contributed by atoms with Gasteiger partial charge in [-0.15, -0.1) is 0 Å². The van der Waals surface area contributed by atoms with Crippen molar-refractivity contribution in [2.45, 2.75) is 44.6 Å². The van der Waals surface area contributed by atoms with Crippen LogP contribution in [0.1, 0.15) is 49.0 Å². The number of carbonyl (C=O) groups is 1. The van der Waals surface area contributed by atoms with Gasteiger partial charge in [0, 0.05) is 18.5 Å². The molecule has 1 aromatic carbocycles. The Bertz CT molecular complexity index is 617. The van der Waals surface area contributed by atoms with Gasteiger partial charge in [0.1, 0.15) is 0 Å². The quantitative estimate of drug-likeness (QED) is 0.806. The first-order chi connectivity index (χ1) is 10.8. The minimum atomic E-state index is -0.130. The molecule has 0 radical (unpaired) electrons. The van der Waals surface area contributed by atoms with Crippen LogP contribution in [0.3, 0.4) is 0 Å². The van der Waals surface area contributed by atoms with Crippen LogP contribution in [0.4, 0.5) is 0 Å². The SMILES string of the molecule is O=C(NCCCOC1CCCCC1)c1n[nH]c2ccccc12. The van der Waals surface area contributed by atoms with Crippen LogP contribution in [-0.4, -0.2) is 35.4 Å². The van der Waals surface area contributed by atoms with Crippen LogP contribution in [-0.2, 0) is 4.74 Å². The van der Waals surface area contributed by atoms with Crippen LogP contribution < -0.4 is 5.32 Å². The average Bonchev–Trinajstić information content (AvgIpc) is 2.99. The van der Waals surface area contributed by atoms with E-state index in [1.54, 1.807) is 0 Å². The second kappa shape index (κ2) is 7.40. The number of aromatic amines is 1. The molecular formula is C17H23N3O2. The standard InChI is InChI=1S/C17H23N3O2/c21-17(16-14-9-4-5-10-15(14)19-20-16)18-11-6-12-22-13-7-2-1-3-8-13/h4-5,9-10,13H,1-3,6-8,11-12H2,(H,18,21)(H,19,20). The van der Waals surface area contributed by atoms with E-state index in [2.05, 4.69) is 15.5 Å². The molecule has 1 saturated carbocycles. The molecule has 1 amide bonds. The van der Waals surface area contributed by atoms with E-state index in [0.717, 1.165) is 17.3 Å². The molecule has 1 fully saturated rings. The number of H-pyrrole nitrogens is 1. The Kier molecular flexibility index (Phi) is 5.06. The van der Waals surface area contributed by atoms with Gasteiger partial charge in [-0.05, 0) is 25.3 Å². The van der Waals surface area contributed by atoms with E-state index < -0.39 is 0 Å². The molecule has 0 aliphatic heterocycles. The number of nitrogens with one attached hydrogen (secondary N) is 2. The van der Waals surface area contributed by atoms with E-state index in [-0.39, 0.29) is 5.91 Å². The highest BCUT2D eigenvalue weighted by Crippen LogP contribution is 2.20. The molecule has 5 heteroatoms. The predicted molar refractivity (Wildman–Crippen MR) is 85.9 cm³/mol. The van der Waals surface area contributed by atoms with Crippen LogP contribution in [0.2, 0.25) is 0 Å². The zero-order valence-corrected chi connectivity index (χ0v) is 12.8. The lowest BCUT2D eigenvalue weighted by Gasteiger charge is -2.21. The van der Waals surface area contributed by atoms with Gasteiger partial charge in [-0.2, -0.15) is 5.10 Å². The fraction of sp³-hybridized carbons (Fsp3) is 0.529. The number of nitrogens with zero attached hydrogens (tertiary/aromatic N) is 1. The zero-order valence-electron chi connectivity index (χ0n) is 12.8. The van der Waals surface area contributed by atoms with E-state index >= 15 is 0 Å². The fourth-order valence-corrected chi connectivity index (χ4v) is 2.98. The molecule has 1 aromatic heterocycles. The van der Waals surface area contributed by atoms with Crippen molar-refractivity contribution in [3.05, 3.63) is 30.0 Å². The Labute approximate surface area is 130 Å². The Morgan fingerprint density at radius 1 is 1.27 bits per heavy atom. The molecule has 2 aromatic rings. The van der Waals surface area contributed by atoms with Crippen molar-refractivity contribution in [2.24, 2.45) is 0 Å². The van der Waals surface area contributed by atoms with Crippen LogP contribution in [0.5, 0.6) is 0 Å². The zero-order chi connectivity index (χ0) is 15.2. The normalized spacial score (nSPS) is 16.0. The maximum absolute atomic E-state index is 12.2. The van der Waals surface area contributed by atoms with Gasteiger partial charge in [0.2, 0.25) is 0 Å². The minimum Gasteiger partial charge on any atom is -0.378 e. The van der Waals surface area contributed by atoms with E-state index in [1.807, 2.05) is 24.3 Å². The minimum absolute atomic E-state index is 0.130. The van der Waals surface area contributed by atoms with Gasteiger partial charge in [-0.1, -0.05) is 37.5 Å². The van der Waals surface area contributed by atoms with Crippen molar-refractivity contribution < 1.29 is 9.53 Å². The number of ether oxygens (including phenoxy) is 1. The summed E-state index contributed by atoms with van der Waals surface area (Å²) in [6.07, 6.45) is 7.55. The van der Waals surface area contributed by atoms with Crippen molar-refractivity contribution in [1.82, 2.24) is 15.5 Å². The lowest BCUT2D eigenvalue weighted by Crippen LogP contribution is -2.26. The number of rotatable bonds is 6. The van der Waals surface area contributed by atoms with Crippen molar-refractivity contribution in [3.63, 3.8) is 0 Å². The predicted octanol–water partition coefficient (Wildman–Crippen LogP) is 3.03. The molecule has 118 valence electrons. The largest absolute Gasteiger partial charge is 0.378 e. The third kappa shape index (κ3) is 3.65. The van der Waals surface area contributed by atoms with Crippen molar-refractivity contribution in [1.29, 1.82) is 0 Å². The van der Waals surface area contributed by atoms with Gasteiger partial charge in [0.05, 0.1) is 11.6 Å². The molecule has 2 N–H and O–H groups in total. The maximum atomic E-state index is 12.2. The highest BCUT2D eigenvalue weighted by molar-refractivity contribution is 6.04. The highest BCUT2D eigenvalue weighted by Gasteiger charge is 2.14. The van der Waals surface area contributed by atoms with Gasteiger partial charge in [-0.25, -0.2) is 0 Å². The smallest absolute Gasteiger partial charge is 0.272 e. The molecule has 0 spiro atoms. The molecule has 1 aliphatic carbocycles. The molecule has 22 heavy (non-hydrogen) atoms. The molecule has 1 aliphatic rings. The molecule has 3 rings (SSSR count). The molecule has 0 atom stereocenters. The lowest BCUT2D eigenvalue weighted by atomic mass is 9.98. The summed E-state index contributed by atoms with van der Waals surface area (Å²) < 4.78 is 5.85. The number of amides is 1. The lowest BCUT2D eigenvalue weighted by molar-refractivity contribution is 0.0273. The Morgan fingerprint density at radius 3 is 2.95 bits per heavy atom. The summed E-state index contributed by atoms with van der Waals surface area (Å²) in [5.41, 5.74) is 1.34. The third-order valence-electron chi connectivity index (χ3n) is 4.20. The Morgan fingerprint density at radius 2 is 2.09 bits per heavy atom. The molecule has 0 bridgehead atoms. The molecule has 1 heterocycles. The summed E-state index contributed by atoms with van der Waals surface area (Å²) in [6.45, 7) is 1.33. The van der Waals surface area contributed by atoms with E-state index in [0.29, 0.717) is 24.9 Å². The van der Waals surface area contributed by atoms with Crippen LogP contribution in [0.15, 0.2) is 24.3 Å². The van der Waals surface area contributed by atoms with Crippen LogP contribution in [0, 0.1) is 0 Å². The monoisotopic (exact) mass is 301 g/mol. The van der Waals surface area contributed by atoms with Gasteiger partial charge < -0.3 is 10.1 Å². The summed E-state index contributed by atoms with van der Waals surface area (Å²) in [5, 5.41) is 10.8. The number of para-hydroxylation sites is 1. The number of hydrogen-bond acceptors (Lipinski definition) is 3. The van der Waals surface area contributed by atoms with Gasteiger partial charge in [-0.3, -0.25) is 9.89 Å². The molecule has 0 unspecified atom stereocenters. The van der Waals surface area contributed by atoms with Gasteiger partial charge in [0.25, 0.3) is 5.91 Å². The summed E-state index contributed by atoms with van der Waals surface area (Å²) in [7, 11) is 0. The number of fused-ring (bicyclic) bond motifs is 1. The summed E-state index contributed by atoms with van der Waals surface area (Å²) >= 11 is 0. The van der Waals surface area contributed by atoms with E-state index in [1.165, 1.54) is 32.1 Å². The van der Waals surface area contributed by atoms with Crippen molar-refractivity contribution in [2.75, 3.05) is 13.2 Å². The topological polar surface area (TPSA) is 67.0 Å². The molecule has 0 saturated heterocycles. The number of hydrogen-bond donors (Lipinski definition) is 2. The first kappa shape index (κ1) is 15.0. The summed E-state index contributed by atoms with van der Waals surface area (Å²) in [5.74, 6) is -0.130. The first-order valence-corrected chi connectivity index (χ1v) is 8.17. The van der Waals surface area contributed by atoms with Crippen LogP contribution >= 0.6 is 0 Å². The van der Waals surface area contributed by atoms with Crippen molar-refractivity contribution >= 4 is 16.8 Å². The van der Waals surface area contributed by atoms with Crippen LogP contribution in [0.25, 0.3) is 10.9 Å². The highest BCUT2D eigenvalue weighted by atomic mass is 16.5. The number of carbonyl (C=O) groups excluding carboxylic acids is 1. The Balaban J connectivity index is 1.41. The second-order valence-electron chi connectivity index (χ2n) is 5.86. The molecular weight excluding hydrogens is 278 g/mol. The molecule has 5 nitrogen and oxygen atoms in total. The van der Waals surface area contributed by atoms with E-state index in [9.17, 15) is 4.79 Å². The second-order valence-corrected chi connectivity index (χ2v) is 5.86. The number of aromatic nitrogens is 2. The van der Waals surface area contributed by atoms with Crippen molar-refractivity contribution in [3.8, 4) is 0 Å². The van der Waals surface area contributed by atoms with Gasteiger partial charge in [0.15, 0.2) is 5.69 Å². The summed E-state index contributed by atoms with van der Waals surface area (Å²) in [4.78, 5) is 12.2. The number of benzene rings is 1. The average molecular weight is 301 g/mol. The van der Waals surface area contributed by atoms with Gasteiger partial charge >= 0.3 is 0 Å². The summed E-state index contributed by atoms with van der Waals surface area (Å²) in [6, 6.07) is 7.65. The Hall–Kier alpha value is -1.88. The van der Waals surface area contributed by atoms with E-state index in [4.69, 9.17) is 4.74 Å².